The number of aryl methyl sites for hydroxylation is 1. The van der Waals surface area contributed by atoms with Crippen molar-refractivity contribution >= 4 is 10.0 Å². The number of rotatable bonds is 7. The van der Waals surface area contributed by atoms with Gasteiger partial charge in [0.2, 0.25) is 10.0 Å². The van der Waals surface area contributed by atoms with Gasteiger partial charge in [-0.2, -0.15) is 0 Å². The monoisotopic (exact) mass is 284 g/mol. The molecule has 0 atom stereocenters. The molecule has 1 rings (SSSR count). The van der Waals surface area contributed by atoms with Crippen molar-refractivity contribution in [1.82, 2.24) is 4.72 Å². The molecular formula is C14H24N2O2S. The largest absolute Gasteiger partial charge is 0.330 e. The van der Waals surface area contributed by atoms with Gasteiger partial charge < -0.3 is 5.73 Å². The molecule has 0 unspecified atom stereocenters. The highest BCUT2D eigenvalue weighted by molar-refractivity contribution is 7.89. The van der Waals surface area contributed by atoms with Crippen LogP contribution in [-0.4, -0.2) is 21.5 Å². The summed E-state index contributed by atoms with van der Waals surface area (Å²) >= 11 is 0. The van der Waals surface area contributed by atoms with E-state index < -0.39 is 10.0 Å². The van der Waals surface area contributed by atoms with E-state index in [1.165, 1.54) is 0 Å². The Morgan fingerprint density at radius 1 is 1.26 bits per heavy atom. The first-order valence-electron chi connectivity index (χ1n) is 6.54. The fourth-order valence-corrected chi connectivity index (χ4v) is 3.38. The van der Waals surface area contributed by atoms with Gasteiger partial charge in [0.15, 0.2) is 0 Å². The molecule has 1 aromatic carbocycles. The quantitative estimate of drug-likeness (QED) is 0.805. The molecule has 0 saturated carbocycles. The third kappa shape index (κ3) is 4.93. The van der Waals surface area contributed by atoms with Crippen LogP contribution in [0.3, 0.4) is 0 Å². The topological polar surface area (TPSA) is 72.2 Å². The van der Waals surface area contributed by atoms with Crippen LogP contribution in [-0.2, 0) is 10.0 Å². The molecule has 0 aliphatic rings. The fourth-order valence-electron chi connectivity index (χ4n) is 1.90. The van der Waals surface area contributed by atoms with Crippen LogP contribution in [0.15, 0.2) is 29.2 Å². The van der Waals surface area contributed by atoms with Crippen molar-refractivity contribution in [2.45, 2.75) is 38.5 Å². The van der Waals surface area contributed by atoms with Gasteiger partial charge in [0.05, 0.1) is 4.90 Å². The van der Waals surface area contributed by atoms with Crippen LogP contribution < -0.4 is 10.5 Å². The second kappa shape index (κ2) is 6.50. The summed E-state index contributed by atoms with van der Waals surface area (Å²) in [6.07, 6.45) is 1.80. The minimum Gasteiger partial charge on any atom is -0.330 e. The lowest BCUT2D eigenvalue weighted by atomic mass is 9.88. The van der Waals surface area contributed by atoms with E-state index >= 15 is 0 Å². The maximum Gasteiger partial charge on any atom is 0.240 e. The van der Waals surface area contributed by atoms with E-state index in [2.05, 4.69) is 4.72 Å². The lowest BCUT2D eigenvalue weighted by Gasteiger charge is -2.24. The van der Waals surface area contributed by atoms with Crippen LogP contribution in [0.1, 0.15) is 32.3 Å². The average Bonchev–Trinajstić information content (AvgIpc) is 2.35. The van der Waals surface area contributed by atoms with E-state index in [1.807, 2.05) is 19.9 Å². The van der Waals surface area contributed by atoms with Crippen molar-refractivity contribution < 1.29 is 8.42 Å². The number of nitrogens with one attached hydrogen (secondary N) is 1. The Labute approximate surface area is 116 Å². The highest BCUT2D eigenvalue weighted by Crippen LogP contribution is 2.22. The smallest absolute Gasteiger partial charge is 0.240 e. The van der Waals surface area contributed by atoms with Crippen LogP contribution in [0, 0.1) is 12.3 Å². The molecule has 0 spiro atoms. The van der Waals surface area contributed by atoms with Crippen molar-refractivity contribution in [2.75, 3.05) is 13.1 Å². The third-order valence-corrected chi connectivity index (χ3v) is 4.74. The average molecular weight is 284 g/mol. The van der Waals surface area contributed by atoms with Gasteiger partial charge in [-0.1, -0.05) is 32.0 Å². The summed E-state index contributed by atoms with van der Waals surface area (Å²) in [6, 6.07) is 7.00. The normalized spacial score (nSPS) is 12.6. The molecule has 0 fully saturated rings. The second-order valence-corrected chi connectivity index (χ2v) is 7.38. The van der Waals surface area contributed by atoms with Crippen molar-refractivity contribution in [2.24, 2.45) is 11.1 Å². The highest BCUT2D eigenvalue weighted by atomic mass is 32.2. The van der Waals surface area contributed by atoms with Crippen LogP contribution in [0.4, 0.5) is 0 Å². The summed E-state index contributed by atoms with van der Waals surface area (Å²) in [7, 11) is -3.43. The summed E-state index contributed by atoms with van der Waals surface area (Å²) in [5.74, 6) is 0. The Balaban J connectivity index is 2.74. The molecule has 0 saturated heterocycles. The van der Waals surface area contributed by atoms with E-state index in [4.69, 9.17) is 5.73 Å². The van der Waals surface area contributed by atoms with E-state index in [0.717, 1.165) is 18.4 Å². The summed E-state index contributed by atoms with van der Waals surface area (Å²) in [5, 5.41) is 0. The molecule has 0 amide bonds. The fraction of sp³-hybridized carbons (Fsp3) is 0.571. The predicted molar refractivity (Wildman–Crippen MR) is 78.4 cm³/mol. The molecule has 19 heavy (non-hydrogen) atoms. The Morgan fingerprint density at radius 3 is 2.47 bits per heavy atom. The Kier molecular flexibility index (Phi) is 5.52. The number of nitrogens with two attached hydrogens (primary N) is 1. The van der Waals surface area contributed by atoms with Gasteiger partial charge in [0.1, 0.15) is 0 Å². The van der Waals surface area contributed by atoms with Gasteiger partial charge in [-0.05, 0) is 43.4 Å². The van der Waals surface area contributed by atoms with Crippen molar-refractivity contribution in [3.63, 3.8) is 0 Å². The molecule has 5 heteroatoms. The first-order chi connectivity index (χ1) is 8.78. The van der Waals surface area contributed by atoms with Crippen molar-refractivity contribution in [3.05, 3.63) is 29.8 Å². The predicted octanol–water partition coefficient (Wildman–Crippen LogP) is 2.04. The highest BCUT2D eigenvalue weighted by Gasteiger charge is 2.22. The summed E-state index contributed by atoms with van der Waals surface area (Å²) in [5.41, 5.74) is 6.16. The van der Waals surface area contributed by atoms with Crippen molar-refractivity contribution in [3.8, 4) is 0 Å². The minimum atomic E-state index is -3.43. The zero-order valence-electron chi connectivity index (χ0n) is 11.9. The van der Waals surface area contributed by atoms with E-state index in [9.17, 15) is 8.42 Å². The molecule has 3 N–H and O–H groups in total. The SMILES string of the molecule is Cc1ccccc1S(=O)(=O)NCC(C)(C)CCCN. The summed E-state index contributed by atoms with van der Waals surface area (Å²) in [6.45, 7) is 6.94. The van der Waals surface area contributed by atoms with Crippen LogP contribution in [0.25, 0.3) is 0 Å². The molecule has 0 aliphatic heterocycles. The number of benzene rings is 1. The Hall–Kier alpha value is -0.910. The lowest BCUT2D eigenvalue weighted by Crippen LogP contribution is -2.34. The summed E-state index contributed by atoms with van der Waals surface area (Å²) in [4.78, 5) is 0.352. The van der Waals surface area contributed by atoms with Crippen LogP contribution >= 0.6 is 0 Å². The number of hydrogen-bond donors (Lipinski definition) is 2. The molecule has 0 heterocycles. The van der Waals surface area contributed by atoms with Gasteiger partial charge in [0.25, 0.3) is 0 Å². The molecule has 0 radical (unpaired) electrons. The third-order valence-electron chi connectivity index (χ3n) is 3.18. The second-order valence-electron chi connectivity index (χ2n) is 5.65. The zero-order valence-corrected chi connectivity index (χ0v) is 12.8. The molecule has 108 valence electrons. The Morgan fingerprint density at radius 2 is 1.89 bits per heavy atom. The molecule has 4 nitrogen and oxygen atoms in total. The van der Waals surface area contributed by atoms with Gasteiger partial charge >= 0.3 is 0 Å². The van der Waals surface area contributed by atoms with Gasteiger partial charge in [0, 0.05) is 6.54 Å². The number of sulfonamides is 1. The maximum atomic E-state index is 12.2. The van der Waals surface area contributed by atoms with Gasteiger partial charge in [-0.25, -0.2) is 13.1 Å². The van der Waals surface area contributed by atoms with Gasteiger partial charge in [-0.3, -0.25) is 0 Å². The van der Waals surface area contributed by atoms with E-state index in [0.29, 0.717) is 18.0 Å². The number of hydrogen-bond acceptors (Lipinski definition) is 3. The molecule has 0 bridgehead atoms. The van der Waals surface area contributed by atoms with Crippen molar-refractivity contribution in [1.29, 1.82) is 0 Å². The molecular weight excluding hydrogens is 260 g/mol. The zero-order chi connectivity index (χ0) is 14.5. The lowest BCUT2D eigenvalue weighted by molar-refractivity contribution is 0.327. The molecule has 0 aliphatic carbocycles. The summed E-state index contributed by atoms with van der Waals surface area (Å²) < 4.78 is 27.2. The van der Waals surface area contributed by atoms with E-state index in [-0.39, 0.29) is 5.41 Å². The van der Waals surface area contributed by atoms with Gasteiger partial charge in [-0.15, -0.1) is 0 Å². The maximum absolute atomic E-state index is 12.2. The standard InChI is InChI=1S/C14H24N2O2S/c1-12-7-4-5-8-13(12)19(17,18)16-11-14(2,3)9-6-10-15/h4-5,7-8,16H,6,9-11,15H2,1-3H3. The van der Waals surface area contributed by atoms with Crippen LogP contribution in [0.5, 0.6) is 0 Å². The molecule has 1 aromatic rings. The Bertz CT molecular complexity index is 510. The van der Waals surface area contributed by atoms with E-state index in [1.54, 1.807) is 25.1 Å². The molecule has 0 aromatic heterocycles. The van der Waals surface area contributed by atoms with Crippen LogP contribution in [0.2, 0.25) is 0 Å². The first kappa shape index (κ1) is 16.1. The minimum absolute atomic E-state index is 0.0882. The first-order valence-corrected chi connectivity index (χ1v) is 8.02.